The highest BCUT2D eigenvalue weighted by molar-refractivity contribution is 5.73. The predicted octanol–water partition coefficient (Wildman–Crippen LogP) is 4.43. The van der Waals surface area contributed by atoms with E-state index in [-0.39, 0.29) is 36.6 Å². The number of hydrogen-bond donors (Lipinski definition) is 3. The zero-order valence-electron chi connectivity index (χ0n) is 33.8. The quantitative estimate of drug-likeness (QED) is 0.304. The van der Waals surface area contributed by atoms with Crippen molar-refractivity contribution in [2.75, 3.05) is 14.2 Å². The number of rotatable bonds is 8. The fraction of sp³-hybridized carbons (Fsp3) is 0.974. The second-order valence-electron chi connectivity index (χ2n) is 17.6. The van der Waals surface area contributed by atoms with Crippen LogP contribution in [0.3, 0.4) is 0 Å². The second-order valence-corrected chi connectivity index (χ2v) is 17.6. The first-order chi connectivity index (χ1) is 23.6. The van der Waals surface area contributed by atoms with E-state index >= 15 is 0 Å². The lowest BCUT2D eigenvalue weighted by atomic mass is 9.76. The normalized spacial score (nSPS) is 50.4. The number of aliphatic hydroxyl groups is 3. The average molecular weight is 730 g/mol. The van der Waals surface area contributed by atoms with Gasteiger partial charge in [0.25, 0.3) is 0 Å². The van der Waals surface area contributed by atoms with Gasteiger partial charge in [-0.3, -0.25) is 9.69 Å². The Morgan fingerprint density at radius 3 is 2.18 bits per heavy atom. The van der Waals surface area contributed by atoms with E-state index < -0.39 is 89.7 Å². The van der Waals surface area contributed by atoms with Gasteiger partial charge >= 0.3 is 5.97 Å². The summed E-state index contributed by atoms with van der Waals surface area (Å²) in [7, 11) is 3.69. The van der Waals surface area contributed by atoms with Gasteiger partial charge in [0.05, 0.1) is 53.7 Å². The van der Waals surface area contributed by atoms with E-state index in [1.165, 1.54) is 6.92 Å². The van der Waals surface area contributed by atoms with Crippen LogP contribution >= 0.6 is 0 Å². The lowest BCUT2D eigenvalue weighted by Gasteiger charge is -2.48. The van der Waals surface area contributed by atoms with Crippen LogP contribution in [0.15, 0.2) is 0 Å². The monoisotopic (exact) mass is 730 g/mol. The van der Waals surface area contributed by atoms with E-state index in [9.17, 15) is 20.1 Å². The summed E-state index contributed by atoms with van der Waals surface area (Å²) in [6, 6.07) is -0.0181. The number of ether oxygens (including phenoxy) is 7. The van der Waals surface area contributed by atoms with Crippen molar-refractivity contribution in [1.82, 2.24) is 4.90 Å². The summed E-state index contributed by atoms with van der Waals surface area (Å²) in [4.78, 5) is 16.3. The minimum atomic E-state index is -1.76. The summed E-state index contributed by atoms with van der Waals surface area (Å²) in [6.45, 7) is 23.2. The Morgan fingerprint density at radius 1 is 0.941 bits per heavy atom. The van der Waals surface area contributed by atoms with Crippen LogP contribution in [-0.2, 0) is 38.0 Å². The molecule has 3 N–H and O–H groups in total. The Kier molecular flexibility index (Phi) is 13.8. The standard InChI is InChI=1S/C39H71NO11/c1-15-28-39(12,44)33(42)24(7)31-21(4)17-38(11,51-31)34(50-36-30(41)27(16-22(5)47-36)40(13)20(2)3)25(8)32(26(9)35(43)48-28)49-29-19-37(10,45-14)18-23(6)46-29/h20-34,36,41-42,44H,15-19H2,1-14H3/t21-,22+,23-,24+,25-,26+,27-,28-,29-,30+,31+,32-,33+,34+,36-,37-,38-,39+/m0/s1. The van der Waals surface area contributed by atoms with Gasteiger partial charge in [0.15, 0.2) is 12.6 Å². The first-order valence-electron chi connectivity index (χ1n) is 19.4. The van der Waals surface area contributed by atoms with Gasteiger partial charge in [-0.1, -0.05) is 27.7 Å². The maximum atomic E-state index is 14.2. The summed E-state index contributed by atoms with van der Waals surface area (Å²) in [6.07, 6.45) is -4.64. The largest absolute Gasteiger partial charge is 0.459 e. The lowest BCUT2D eigenvalue weighted by Crippen LogP contribution is -2.60. The average Bonchev–Trinajstić information content (AvgIpc) is 3.37. The second kappa shape index (κ2) is 16.4. The molecule has 12 heteroatoms. The number of carbonyl (C=O) groups excluding carboxylic acids is 1. The van der Waals surface area contributed by atoms with Crippen LogP contribution < -0.4 is 0 Å². The van der Waals surface area contributed by atoms with Gasteiger partial charge in [-0.05, 0) is 87.6 Å². The number of nitrogens with zero attached hydrogens (tertiary/aromatic N) is 1. The van der Waals surface area contributed by atoms with E-state index in [4.69, 9.17) is 33.2 Å². The Bertz CT molecular complexity index is 1160. The first-order valence-corrected chi connectivity index (χ1v) is 19.4. The molecule has 2 bridgehead atoms. The molecule has 4 rings (SSSR count). The highest BCUT2D eigenvalue weighted by Gasteiger charge is 2.57. The van der Waals surface area contributed by atoms with Gasteiger partial charge in [-0.2, -0.15) is 0 Å². The summed E-state index contributed by atoms with van der Waals surface area (Å²) in [5.74, 6) is -2.49. The molecule has 0 radical (unpaired) electrons. The number of fused-ring (bicyclic) bond motifs is 2. The number of methoxy groups -OCH3 is 1. The zero-order valence-corrected chi connectivity index (χ0v) is 33.8. The van der Waals surface area contributed by atoms with Gasteiger partial charge in [-0.15, -0.1) is 0 Å². The van der Waals surface area contributed by atoms with E-state index in [0.29, 0.717) is 25.7 Å². The summed E-state index contributed by atoms with van der Waals surface area (Å²) < 4.78 is 45.5. The van der Waals surface area contributed by atoms with Crippen LogP contribution in [0.4, 0.5) is 0 Å². The maximum absolute atomic E-state index is 14.2. The third-order valence-corrected chi connectivity index (χ3v) is 12.8. The summed E-state index contributed by atoms with van der Waals surface area (Å²) >= 11 is 0. The number of carbonyl (C=O) groups is 1. The molecule has 0 spiro atoms. The molecule has 4 heterocycles. The SMILES string of the molecule is CC[C@@H]1OC(=O)[C@H](C)[C@@H](O[C@H]2C[C@@](C)(OC)C[C@H](C)O2)[C@H](C)[C@@H](O[C@@H]2O[C@H](C)C[C@H](N(C)C(C)C)[C@H]2O)[C@]2(C)C[C@H](C)[C@@H](O2)[C@@H](C)[C@@H](O)[C@]1(C)O. The molecule has 18 atom stereocenters. The predicted molar refractivity (Wildman–Crippen MR) is 192 cm³/mol. The molecule has 0 amide bonds. The minimum absolute atomic E-state index is 0.0306. The van der Waals surface area contributed by atoms with Crippen LogP contribution in [0.2, 0.25) is 0 Å². The van der Waals surface area contributed by atoms with Crippen molar-refractivity contribution >= 4 is 5.97 Å². The summed E-state index contributed by atoms with van der Waals surface area (Å²) in [5, 5.41) is 35.3. The molecule has 4 saturated heterocycles. The van der Waals surface area contributed by atoms with E-state index in [2.05, 4.69) is 25.7 Å². The van der Waals surface area contributed by atoms with Crippen molar-refractivity contribution in [3.63, 3.8) is 0 Å². The Balaban J connectivity index is 1.83. The first kappa shape index (κ1) is 42.8. The summed E-state index contributed by atoms with van der Waals surface area (Å²) in [5.41, 5.74) is -3.21. The molecule has 0 unspecified atom stereocenters. The minimum Gasteiger partial charge on any atom is -0.459 e. The molecule has 4 aliphatic heterocycles. The topological polar surface area (TPSA) is 146 Å². The van der Waals surface area contributed by atoms with Crippen molar-refractivity contribution in [3.05, 3.63) is 0 Å². The van der Waals surface area contributed by atoms with Crippen molar-refractivity contribution < 1.29 is 53.3 Å². The highest BCUT2D eigenvalue weighted by Crippen LogP contribution is 2.48. The number of hydrogen-bond acceptors (Lipinski definition) is 12. The van der Waals surface area contributed by atoms with Crippen LogP contribution in [0.1, 0.15) is 115 Å². The molecule has 298 valence electrons. The van der Waals surface area contributed by atoms with Crippen molar-refractivity contribution in [3.8, 4) is 0 Å². The van der Waals surface area contributed by atoms with Gasteiger partial charge in [0.2, 0.25) is 0 Å². The van der Waals surface area contributed by atoms with E-state index in [0.717, 1.165) is 0 Å². The number of likely N-dealkylation sites (N-methyl/N-ethyl adjacent to an activating group) is 1. The maximum Gasteiger partial charge on any atom is 0.311 e. The molecule has 0 aromatic carbocycles. The van der Waals surface area contributed by atoms with Crippen molar-refractivity contribution in [1.29, 1.82) is 0 Å². The number of aliphatic hydroxyl groups excluding tert-OH is 2. The number of esters is 1. The van der Waals surface area contributed by atoms with Crippen molar-refractivity contribution in [2.45, 2.75) is 205 Å². The van der Waals surface area contributed by atoms with Crippen LogP contribution in [0.5, 0.6) is 0 Å². The molecule has 0 aromatic heterocycles. The van der Waals surface area contributed by atoms with Crippen molar-refractivity contribution in [2.24, 2.45) is 23.7 Å². The Hall–Kier alpha value is -0.930. The van der Waals surface area contributed by atoms with Crippen LogP contribution in [0.25, 0.3) is 0 Å². The number of cyclic esters (lactones) is 1. The zero-order chi connectivity index (χ0) is 38.4. The molecule has 0 aromatic rings. The van der Waals surface area contributed by atoms with Gasteiger partial charge in [-0.25, -0.2) is 0 Å². The molecule has 4 aliphatic rings. The van der Waals surface area contributed by atoms with Gasteiger partial charge in [0.1, 0.15) is 17.8 Å². The molecule has 0 aliphatic carbocycles. The smallest absolute Gasteiger partial charge is 0.311 e. The third kappa shape index (κ3) is 8.97. The highest BCUT2D eigenvalue weighted by atomic mass is 16.7. The van der Waals surface area contributed by atoms with Crippen LogP contribution in [-0.4, -0.2) is 131 Å². The van der Waals surface area contributed by atoms with Gasteiger partial charge in [0, 0.05) is 43.9 Å². The Morgan fingerprint density at radius 2 is 1.59 bits per heavy atom. The molecule has 12 nitrogen and oxygen atoms in total. The fourth-order valence-corrected chi connectivity index (χ4v) is 9.53. The Labute approximate surface area is 307 Å². The molecular formula is C39H71NO11. The molecule has 4 fully saturated rings. The molecular weight excluding hydrogens is 658 g/mol. The van der Waals surface area contributed by atoms with Crippen LogP contribution in [0, 0.1) is 23.7 Å². The lowest BCUT2D eigenvalue weighted by molar-refractivity contribution is -0.312. The fourth-order valence-electron chi connectivity index (χ4n) is 9.53. The van der Waals surface area contributed by atoms with E-state index in [1.807, 2.05) is 55.5 Å². The van der Waals surface area contributed by atoms with Gasteiger partial charge < -0.3 is 48.5 Å². The molecule has 51 heavy (non-hydrogen) atoms. The molecule has 0 saturated carbocycles. The van der Waals surface area contributed by atoms with E-state index in [1.54, 1.807) is 14.0 Å². The third-order valence-electron chi connectivity index (χ3n) is 12.8.